The average Bonchev–Trinajstić information content (AvgIpc) is 2.61. The standard InChI is InChI=1S/C19H28BF2NO2/c1-2-3-9-19(20,18(24)25)15-7-11-23(12-8-15)10-6-14-4-5-16(21)17(22)13-14/h4-5,13,15H,2-3,6-12,20H2,1H3,(H,24,25). The molecule has 1 N–H and O–H groups in total. The van der Waals surface area contributed by atoms with Crippen molar-refractivity contribution in [3.63, 3.8) is 0 Å². The van der Waals surface area contributed by atoms with Gasteiger partial charge in [-0.2, -0.15) is 0 Å². The molecule has 3 nitrogen and oxygen atoms in total. The number of carboxylic acid groups (broad SMARTS) is 1. The van der Waals surface area contributed by atoms with Crippen molar-refractivity contribution in [3.8, 4) is 0 Å². The molecule has 6 heteroatoms. The quantitative estimate of drug-likeness (QED) is 0.731. The second kappa shape index (κ2) is 8.79. The van der Waals surface area contributed by atoms with E-state index in [-0.39, 0.29) is 5.92 Å². The molecule has 0 amide bonds. The van der Waals surface area contributed by atoms with Gasteiger partial charge in [0.1, 0.15) is 7.85 Å². The Bertz CT molecular complexity index is 591. The maximum Gasteiger partial charge on any atom is 0.301 e. The van der Waals surface area contributed by atoms with Crippen LogP contribution in [-0.4, -0.2) is 43.5 Å². The van der Waals surface area contributed by atoms with Gasteiger partial charge in [-0.3, -0.25) is 4.79 Å². The van der Waals surface area contributed by atoms with Crippen LogP contribution < -0.4 is 0 Å². The predicted octanol–water partition coefficient (Wildman–Crippen LogP) is 3.29. The van der Waals surface area contributed by atoms with Crippen molar-refractivity contribution in [2.24, 2.45) is 5.92 Å². The largest absolute Gasteiger partial charge is 0.481 e. The van der Waals surface area contributed by atoms with Crippen LogP contribution in [0.15, 0.2) is 18.2 Å². The highest BCUT2D eigenvalue weighted by atomic mass is 19.2. The van der Waals surface area contributed by atoms with E-state index in [0.717, 1.165) is 57.3 Å². The number of hydrogen-bond donors (Lipinski definition) is 1. The molecule has 138 valence electrons. The third kappa shape index (κ3) is 5.03. The molecule has 1 fully saturated rings. The van der Waals surface area contributed by atoms with E-state index in [4.69, 9.17) is 0 Å². The van der Waals surface area contributed by atoms with E-state index in [2.05, 4.69) is 11.8 Å². The fraction of sp³-hybridized carbons (Fsp3) is 0.632. The van der Waals surface area contributed by atoms with Gasteiger partial charge in [0.2, 0.25) is 0 Å². The third-order valence-corrected chi connectivity index (χ3v) is 5.73. The molecule has 0 aliphatic carbocycles. The lowest BCUT2D eigenvalue weighted by molar-refractivity contribution is -0.143. The van der Waals surface area contributed by atoms with Crippen LogP contribution in [0.2, 0.25) is 5.31 Å². The molecule has 0 saturated carbocycles. The molecular weight excluding hydrogens is 323 g/mol. The van der Waals surface area contributed by atoms with Crippen molar-refractivity contribution in [1.82, 2.24) is 4.90 Å². The summed E-state index contributed by atoms with van der Waals surface area (Å²) in [6.07, 6.45) is 5.12. The second-order valence-electron chi connectivity index (χ2n) is 7.44. The van der Waals surface area contributed by atoms with Gasteiger partial charge in [0.05, 0.1) is 0 Å². The third-order valence-electron chi connectivity index (χ3n) is 5.73. The summed E-state index contributed by atoms with van der Waals surface area (Å²) in [5.41, 5.74) is 0.791. The minimum Gasteiger partial charge on any atom is -0.481 e. The lowest BCUT2D eigenvalue weighted by atomic mass is 9.56. The molecule has 0 aromatic heterocycles. The Kier molecular flexibility index (Phi) is 6.99. The van der Waals surface area contributed by atoms with Gasteiger partial charge in [-0.1, -0.05) is 25.8 Å². The summed E-state index contributed by atoms with van der Waals surface area (Å²) in [4.78, 5) is 14.1. The molecule has 0 spiro atoms. The molecule has 0 bridgehead atoms. The highest BCUT2D eigenvalue weighted by Gasteiger charge is 2.41. The number of likely N-dealkylation sites (tertiary alicyclic amines) is 1. The summed E-state index contributed by atoms with van der Waals surface area (Å²) in [6, 6.07) is 4.05. The van der Waals surface area contributed by atoms with Gasteiger partial charge in [-0.25, -0.2) is 8.78 Å². The van der Waals surface area contributed by atoms with Crippen LogP contribution in [0.1, 0.15) is 44.6 Å². The van der Waals surface area contributed by atoms with Gasteiger partial charge < -0.3 is 10.0 Å². The van der Waals surface area contributed by atoms with Gasteiger partial charge in [0.15, 0.2) is 11.6 Å². The van der Waals surface area contributed by atoms with E-state index in [1.807, 2.05) is 7.85 Å². The van der Waals surface area contributed by atoms with Crippen LogP contribution >= 0.6 is 0 Å². The second-order valence-corrected chi connectivity index (χ2v) is 7.44. The number of carboxylic acids is 1. The number of piperidine rings is 1. The molecular formula is C19H28BF2NO2. The molecule has 1 saturated heterocycles. The number of benzene rings is 1. The molecule has 1 aromatic carbocycles. The van der Waals surface area contributed by atoms with Gasteiger partial charge >= 0.3 is 5.97 Å². The Labute approximate surface area is 149 Å². The van der Waals surface area contributed by atoms with E-state index in [1.54, 1.807) is 6.07 Å². The number of unbranched alkanes of at least 4 members (excludes halogenated alkanes) is 1. The number of halogens is 2. The van der Waals surface area contributed by atoms with Crippen molar-refractivity contribution >= 4 is 13.8 Å². The van der Waals surface area contributed by atoms with Crippen molar-refractivity contribution in [2.45, 2.75) is 50.8 Å². The van der Waals surface area contributed by atoms with E-state index in [1.165, 1.54) is 12.1 Å². The van der Waals surface area contributed by atoms with E-state index >= 15 is 0 Å². The fourth-order valence-corrected chi connectivity index (χ4v) is 3.81. The van der Waals surface area contributed by atoms with Gasteiger partial charge in [-0.15, -0.1) is 0 Å². The highest BCUT2D eigenvalue weighted by Crippen LogP contribution is 2.43. The molecule has 1 unspecified atom stereocenters. The summed E-state index contributed by atoms with van der Waals surface area (Å²) in [5, 5.41) is 9.06. The molecule has 25 heavy (non-hydrogen) atoms. The maximum atomic E-state index is 13.3. The van der Waals surface area contributed by atoms with Crippen molar-refractivity contribution < 1.29 is 18.7 Å². The smallest absolute Gasteiger partial charge is 0.301 e. The Balaban J connectivity index is 1.85. The van der Waals surface area contributed by atoms with Crippen molar-refractivity contribution in [2.75, 3.05) is 19.6 Å². The monoisotopic (exact) mass is 351 g/mol. The van der Waals surface area contributed by atoms with Crippen LogP contribution in [0.25, 0.3) is 0 Å². The van der Waals surface area contributed by atoms with Gasteiger partial charge in [-0.05, 0) is 62.4 Å². The first-order valence-corrected chi connectivity index (χ1v) is 9.26. The highest BCUT2D eigenvalue weighted by molar-refractivity contribution is 6.26. The molecule has 1 atom stereocenters. The summed E-state index contributed by atoms with van der Waals surface area (Å²) >= 11 is 0. The van der Waals surface area contributed by atoms with Crippen molar-refractivity contribution in [3.05, 3.63) is 35.4 Å². The Morgan fingerprint density at radius 1 is 1.32 bits per heavy atom. The van der Waals surface area contributed by atoms with Crippen LogP contribution in [0, 0.1) is 17.6 Å². The maximum absolute atomic E-state index is 13.3. The molecule has 1 aliphatic heterocycles. The topological polar surface area (TPSA) is 40.5 Å². The summed E-state index contributed by atoms with van der Waals surface area (Å²) < 4.78 is 26.2. The minimum absolute atomic E-state index is 0.205. The van der Waals surface area contributed by atoms with Crippen LogP contribution in [-0.2, 0) is 11.2 Å². The lowest BCUT2D eigenvalue weighted by Gasteiger charge is -2.40. The number of nitrogens with zero attached hydrogens (tertiary/aromatic N) is 1. The normalized spacial score (nSPS) is 18.8. The number of aliphatic carboxylic acids is 1. The number of rotatable bonds is 8. The first kappa shape index (κ1) is 19.9. The Hall–Kier alpha value is -1.43. The van der Waals surface area contributed by atoms with Crippen LogP contribution in [0.3, 0.4) is 0 Å². The average molecular weight is 351 g/mol. The first-order chi connectivity index (χ1) is 11.9. The van der Waals surface area contributed by atoms with E-state index in [0.29, 0.717) is 6.42 Å². The minimum atomic E-state index is -0.815. The lowest BCUT2D eigenvalue weighted by Crippen LogP contribution is -2.42. The van der Waals surface area contributed by atoms with Crippen LogP contribution in [0.4, 0.5) is 8.78 Å². The fourth-order valence-electron chi connectivity index (χ4n) is 3.81. The zero-order valence-electron chi connectivity index (χ0n) is 15.2. The first-order valence-electron chi connectivity index (χ1n) is 9.26. The Morgan fingerprint density at radius 3 is 2.56 bits per heavy atom. The zero-order valence-corrected chi connectivity index (χ0v) is 15.2. The molecule has 0 radical (unpaired) electrons. The number of hydrogen-bond acceptors (Lipinski definition) is 2. The van der Waals surface area contributed by atoms with E-state index in [9.17, 15) is 18.7 Å². The molecule has 2 rings (SSSR count). The molecule has 1 heterocycles. The van der Waals surface area contributed by atoms with Gasteiger partial charge in [0.25, 0.3) is 0 Å². The zero-order chi connectivity index (χ0) is 18.4. The Morgan fingerprint density at radius 2 is 2.00 bits per heavy atom. The summed E-state index contributed by atoms with van der Waals surface area (Å²) in [7, 11) is 1.90. The molecule has 1 aromatic rings. The number of carbonyl (C=O) groups is 1. The molecule has 1 aliphatic rings. The summed E-state index contributed by atoms with van der Waals surface area (Å²) in [5.74, 6) is -2.09. The predicted molar refractivity (Wildman–Crippen MR) is 97.6 cm³/mol. The van der Waals surface area contributed by atoms with E-state index < -0.39 is 22.9 Å². The summed E-state index contributed by atoms with van der Waals surface area (Å²) in [6.45, 7) is 4.60. The van der Waals surface area contributed by atoms with Crippen molar-refractivity contribution in [1.29, 1.82) is 0 Å². The van der Waals surface area contributed by atoms with Crippen LogP contribution in [0.5, 0.6) is 0 Å². The SMILES string of the molecule is BC(CCCC)(C(=O)O)C1CCN(CCc2ccc(F)c(F)c2)CC1. The van der Waals surface area contributed by atoms with Gasteiger partial charge in [0, 0.05) is 11.9 Å².